The van der Waals surface area contributed by atoms with E-state index in [1.165, 1.54) is 168 Å². The number of methoxy groups -OCH3 is 1. The predicted octanol–water partition coefficient (Wildman–Crippen LogP) is 13.1. The van der Waals surface area contributed by atoms with Gasteiger partial charge in [0, 0.05) is 24.1 Å². The van der Waals surface area contributed by atoms with E-state index in [1.807, 2.05) is 0 Å². The first-order valence-corrected chi connectivity index (χ1v) is 22.9. The van der Waals surface area contributed by atoms with E-state index in [9.17, 15) is 14.2 Å². The van der Waals surface area contributed by atoms with Gasteiger partial charge in [0.2, 0.25) is 0 Å². The smallest absolute Gasteiger partial charge is 0.457 e. The van der Waals surface area contributed by atoms with Gasteiger partial charge in [-0.15, -0.1) is 9.05 Å². The normalized spacial score (nSPS) is 12.2. The molecule has 0 aromatic carbocycles. The molecule has 0 aliphatic carbocycles. The number of nitrogens with one attached hydrogen (secondary N) is 1. The second-order valence-electron chi connectivity index (χ2n) is 14.6. The molecule has 1 unspecified atom stereocenters. The largest absolute Gasteiger partial charge is 0.697 e. The fourth-order valence-corrected chi connectivity index (χ4v) is 6.92. The average molecular weight is 761 g/mol. The molecule has 1 amide bonds. The Labute approximate surface area is 321 Å². The van der Waals surface area contributed by atoms with Crippen LogP contribution in [0.5, 0.6) is 0 Å². The molecule has 0 heterocycles. The quantitative estimate of drug-likeness (QED) is 0.0372. The first-order chi connectivity index (χ1) is 25.5. The summed E-state index contributed by atoms with van der Waals surface area (Å²) < 4.78 is 38.7. The molecule has 10 heteroatoms. The molecular formula is C42H83NO8P+. The number of hydrogen-bond donors (Lipinski definition) is 1. The SMILES string of the molecule is CCCCCCCCCCCCCCCCCOC[C@H](CO[P+](=O)OCCNC(=O)OC)OC(=O)CCCCCCCCCCCCCCCCC. The Morgan fingerprint density at radius 3 is 1.35 bits per heavy atom. The Morgan fingerprint density at radius 1 is 0.519 bits per heavy atom. The van der Waals surface area contributed by atoms with Crippen LogP contribution >= 0.6 is 8.25 Å². The second kappa shape index (κ2) is 42.5. The number of amides is 1. The minimum Gasteiger partial charge on any atom is -0.457 e. The van der Waals surface area contributed by atoms with Gasteiger partial charge < -0.3 is 19.5 Å². The molecule has 0 saturated heterocycles. The number of hydrogen-bond acceptors (Lipinski definition) is 8. The number of carbonyl (C=O) groups is 2. The van der Waals surface area contributed by atoms with Crippen molar-refractivity contribution >= 4 is 20.3 Å². The van der Waals surface area contributed by atoms with Gasteiger partial charge in [-0.3, -0.25) is 4.79 Å². The molecule has 0 fully saturated rings. The third-order valence-corrected chi connectivity index (χ3v) is 10.4. The van der Waals surface area contributed by atoms with Crippen LogP contribution in [0.4, 0.5) is 4.79 Å². The molecule has 0 aromatic heterocycles. The van der Waals surface area contributed by atoms with Crippen molar-refractivity contribution in [3.8, 4) is 0 Å². The molecule has 0 aliphatic heterocycles. The highest BCUT2D eigenvalue weighted by Crippen LogP contribution is 2.24. The van der Waals surface area contributed by atoms with E-state index in [1.54, 1.807) is 0 Å². The van der Waals surface area contributed by atoms with Crippen LogP contribution < -0.4 is 5.32 Å². The first-order valence-electron chi connectivity index (χ1n) is 21.9. The van der Waals surface area contributed by atoms with Gasteiger partial charge in [-0.05, 0) is 12.8 Å². The summed E-state index contributed by atoms with van der Waals surface area (Å²) in [5.41, 5.74) is 0. The lowest BCUT2D eigenvalue weighted by atomic mass is 10.0. The van der Waals surface area contributed by atoms with Gasteiger partial charge in [0.15, 0.2) is 6.10 Å². The van der Waals surface area contributed by atoms with Gasteiger partial charge in [-0.1, -0.05) is 194 Å². The number of carbonyl (C=O) groups excluding carboxylic acids is 2. The van der Waals surface area contributed by atoms with E-state index in [0.717, 1.165) is 32.1 Å². The maximum atomic E-state index is 12.6. The van der Waals surface area contributed by atoms with Crippen LogP contribution in [0.1, 0.15) is 213 Å². The molecule has 52 heavy (non-hydrogen) atoms. The van der Waals surface area contributed by atoms with Crippen molar-refractivity contribution in [1.82, 2.24) is 5.32 Å². The van der Waals surface area contributed by atoms with E-state index in [2.05, 4.69) is 23.9 Å². The standard InChI is InChI=1S/C42H82NO8P/c1-4-6-8-10-12-14-16-18-20-22-24-26-28-30-32-34-41(44)51-40(39-50-52(46)49-37-35-43-42(45)47-3)38-48-36-33-31-29-27-25-23-21-19-17-15-13-11-9-7-5-2/h40H,4-39H2,1-3H3/p+1/t40-/m1/s1. The van der Waals surface area contributed by atoms with Crippen LogP contribution in [0.25, 0.3) is 0 Å². The summed E-state index contributed by atoms with van der Waals surface area (Å²) in [5.74, 6) is -0.280. The maximum absolute atomic E-state index is 12.6. The van der Waals surface area contributed by atoms with Crippen molar-refractivity contribution in [2.24, 2.45) is 0 Å². The molecule has 0 aliphatic rings. The predicted molar refractivity (Wildman–Crippen MR) is 215 cm³/mol. The summed E-state index contributed by atoms with van der Waals surface area (Å²) in [6.45, 7) is 5.38. The fraction of sp³-hybridized carbons (Fsp3) is 0.952. The van der Waals surface area contributed by atoms with Gasteiger partial charge in [0.25, 0.3) is 0 Å². The van der Waals surface area contributed by atoms with E-state index in [4.69, 9.17) is 18.5 Å². The summed E-state index contributed by atoms with van der Waals surface area (Å²) in [7, 11) is -1.16. The Bertz CT molecular complexity index is 787. The number of unbranched alkanes of at least 4 members (excludes halogenated alkanes) is 28. The fourth-order valence-electron chi connectivity index (χ4n) is 6.32. The van der Waals surface area contributed by atoms with Gasteiger partial charge in [-0.25, -0.2) is 4.79 Å². The Balaban J connectivity index is 4.10. The van der Waals surface area contributed by atoms with Crippen LogP contribution in [-0.4, -0.2) is 58.2 Å². The molecular weight excluding hydrogens is 677 g/mol. The highest BCUT2D eigenvalue weighted by Gasteiger charge is 2.25. The first kappa shape index (κ1) is 50.7. The van der Waals surface area contributed by atoms with E-state index >= 15 is 0 Å². The summed E-state index contributed by atoms with van der Waals surface area (Å²) in [5, 5.41) is 2.45. The van der Waals surface area contributed by atoms with Crippen molar-refractivity contribution in [2.75, 3.05) is 40.1 Å². The van der Waals surface area contributed by atoms with Crippen LogP contribution in [0.2, 0.25) is 0 Å². The van der Waals surface area contributed by atoms with Crippen molar-refractivity contribution in [3.63, 3.8) is 0 Å². The van der Waals surface area contributed by atoms with Crippen molar-refractivity contribution in [1.29, 1.82) is 0 Å². The number of alkyl carbamates (subject to hydrolysis) is 1. The third-order valence-electron chi connectivity index (χ3n) is 9.60. The third kappa shape index (κ3) is 39.9. The molecule has 1 N–H and O–H groups in total. The van der Waals surface area contributed by atoms with Gasteiger partial charge in [0.05, 0.1) is 13.7 Å². The van der Waals surface area contributed by atoms with Gasteiger partial charge in [-0.2, -0.15) is 0 Å². The Hall–Kier alpha value is -1.28. The molecule has 9 nitrogen and oxygen atoms in total. The highest BCUT2D eigenvalue weighted by atomic mass is 31.1. The lowest BCUT2D eigenvalue weighted by molar-refractivity contribution is -0.154. The molecule has 0 spiro atoms. The summed E-state index contributed by atoms with van der Waals surface area (Å²) in [6, 6.07) is 0. The van der Waals surface area contributed by atoms with Gasteiger partial charge >= 0.3 is 20.3 Å². The van der Waals surface area contributed by atoms with Crippen LogP contribution in [0.15, 0.2) is 0 Å². The zero-order valence-corrected chi connectivity index (χ0v) is 35.1. The number of rotatable bonds is 42. The topological polar surface area (TPSA) is 109 Å². The van der Waals surface area contributed by atoms with E-state index < -0.39 is 20.5 Å². The summed E-state index contributed by atoms with van der Waals surface area (Å²) in [4.78, 5) is 23.8. The van der Waals surface area contributed by atoms with Crippen molar-refractivity contribution < 1.29 is 37.4 Å². The summed E-state index contributed by atoms with van der Waals surface area (Å²) >= 11 is 0. The molecule has 0 rings (SSSR count). The highest BCUT2D eigenvalue weighted by molar-refractivity contribution is 7.33. The minimum atomic E-state index is -2.43. The van der Waals surface area contributed by atoms with Crippen LogP contribution in [0.3, 0.4) is 0 Å². The molecule has 308 valence electrons. The number of ether oxygens (including phenoxy) is 3. The van der Waals surface area contributed by atoms with Crippen molar-refractivity contribution in [3.05, 3.63) is 0 Å². The monoisotopic (exact) mass is 761 g/mol. The lowest BCUT2D eigenvalue weighted by Crippen LogP contribution is -2.28. The zero-order chi connectivity index (χ0) is 38.0. The Kier molecular flexibility index (Phi) is 41.4. The van der Waals surface area contributed by atoms with Gasteiger partial charge in [0.1, 0.15) is 13.2 Å². The van der Waals surface area contributed by atoms with E-state index in [0.29, 0.717) is 13.0 Å². The molecule has 0 aromatic rings. The minimum absolute atomic E-state index is 0.00362. The molecule has 2 atom stereocenters. The second-order valence-corrected chi connectivity index (χ2v) is 15.6. The molecule has 0 bridgehead atoms. The van der Waals surface area contributed by atoms with E-state index in [-0.39, 0.29) is 32.3 Å². The molecule has 0 saturated carbocycles. The Morgan fingerprint density at radius 2 is 0.923 bits per heavy atom. The zero-order valence-electron chi connectivity index (χ0n) is 34.2. The lowest BCUT2D eigenvalue weighted by Gasteiger charge is -2.16. The average Bonchev–Trinajstić information content (AvgIpc) is 3.14. The maximum Gasteiger partial charge on any atom is 0.697 e. The molecule has 0 radical (unpaired) electrons. The number of esters is 1. The summed E-state index contributed by atoms with van der Waals surface area (Å²) in [6.07, 6.45) is 37.9. The van der Waals surface area contributed by atoms with Crippen LogP contribution in [-0.2, 0) is 32.6 Å². The van der Waals surface area contributed by atoms with Crippen molar-refractivity contribution in [2.45, 2.75) is 219 Å². The van der Waals surface area contributed by atoms with Crippen LogP contribution in [0, 0.1) is 0 Å².